The number of amides is 1. The van der Waals surface area contributed by atoms with Crippen LogP contribution in [0.4, 0.5) is 11.4 Å². The van der Waals surface area contributed by atoms with Crippen LogP contribution in [0.3, 0.4) is 0 Å². The standard InChI is InChI=1S/C14H10Br2N2O3/c1-8-10(15)5-3-6-11(8)17-14(19)9-4-2-7-12(13(9)16)18(20)21/h2-7H,1H3,(H,17,19). The highest BCUT2D eigenvalue weighted by Gasteiger charge is 2.19. The third-order valence-electron chi connectivity index (χ3n) is 2.94. The van der Waals surface area contributed by atoms with Gasteiger partial charge in [-0.15, -0.1) is 0 Å². The number of hydrogen-bond acceptors (Lipinski definition) is 3. The first-order valence-corrected chi connectivity index (χ1v) is 7.49. The number of benzene rings is 2. The van der Waals surface area contributed by atoms with E-state index in [1.165, 1.54) is 18.2 Å². The van der Waals surface area contributed by atoms with Gasteiger partial charge in [-0.1, -0.05) is 28.1 Å². The molecule has 0 spiro atoms. The summed E-state index contributed by atoms with van der Waals surface area (Å²) in [7, 11) is 0. The smallest absolute Gasteiger partial charge is 0.284 e. The molecule has 2 rings (SSSR count). The van der Waals surface area contributed by atoms with E-state index in [1.807, 2.05) is 13.0 Å². The molecule has 108 valence electrons. The molecule has 0 saturated heterocycles. The molecule has 0 atom stereocenters. The third kappa shape index (κ3) is 3.30. The lowest BCUT2D eigenvalue weighted by Crippen LogP contribution is -2.14. The van der Waals surface area contributed by atoms with E-state index in [0.29, 0.717) is 5.69 Å². The fourth-order valence-electron chi connectivity index (χ4n) is 1.77. The number of hydrogen-bond donors (Lipinski definition) is 1. The van der Waals surface area contributed by atoms with Gasteiger partial charge in [0, 0.05) is 16.2 Å². The van der Waals surface area contributed by atoms with Crippen molar-refractivity contribution in [2.24, 2.45) is 0 Å². The topological polar surface area (TPSA) is 72.2 Å². The predicted octanol–water partition coefficient (Wildman–Crippen LogP) is 4.68. The van der Waals surface area contributed by atoms with Crippen LogP contribution in [0.25, 0.3) is 0 Å². The quantitative estimate of drug-likeness (QED) is 0.586. The van der Waals surface area contributed by atoms with Gasteiger partial charge < -0.3 is 5.32 Å². The number of nitro benzene ring substituents is 1. The molecule has 0 bridgehead atoms. The second-order valence-electron chi connectivity index (χ2n) is 4.26. The van der Waals surface area contributed by atoms with Crippen molar-refractivity contribution in [3.8, 4) is 0 Å². The molecule has 2 aromatic carbocycles. The fourth-order valence-corrected chi connectivity index (χ4v) is 2.72. The van der Waals surface area contributed by atoms with Gasteiger partial charge in [-0.25, -0.2) is 0 Å². The highest BCUT2D eigenvalue weighted by atomic mass is 79.9. The first-order chi connectivity index (χ1) is 9.91. The van der Waals surface area contributed by atoms with Crippen LogP contribution in [0.5, 0.6) is 0 Å². The lowest BCUT2D eigenvalue weighted by atomic mass is 10.1. The molecule has 5 nitrogen and oxygen atoms in total. The molecule has 0 aromatic heterocycles. The Morgan fingerprint density at radius 1 is 1.19 bits per heavy atom. The van der Waals surface area contributed by atoms with Crippen LogP contribution in [0, 0.1) is 17.0 Å². The van der Waals surface area contributed by atoms with Crippen molar-refractivity contribution >= 4 is 49.1 Å². The minimum atomic E-state index is -0.536. The maximum Gasteiger partial charge on any atom is 0.284 e. The first kappa shape index (κ1) is 15.7. The number of nitrogens with zero attached hydrogens (tertiary/aromatic N) is 1. The number of rotatable bonds is 3. The van der Waals surface area contributed by atoms with Crippen molar-refractivity contribution in [3.63, 3.8) is 0 Å². The molecule has 0 aliphatic rings. The molecule has 1 N–H and O–H groups in total. The normalized spacial score (nSPS) is 10.2. The molecule has 0 heterocycles. The van der Waals surface area contributed by atoms with Gasteiger partial charge in [-0.2, -0.15) is 0 Å². The van der Waals surface area contributed by atoms with Crippen molar-refractivity contribution < 1.29 is 9.72 Å². The molecule has 7 heteroatoms. The summed E-state index contributed by atoms with van der Waals surface area (Å²) in [6.45, 7) is 1.86. The van der Waals surface area contributed by atoms with Gasteiger partial charge in [0.2, 0.25) is 0 Å². The van der Waals surface area contributed by atoms with Crippen LogP contribution in [0.2, 0.25) is 0 Å². The lowest BCUT2D eigenvalue weighted by molar-refractivity contribution is -0.385. The van der Waals surface area contributed by atoms with E-state index < -0.39 is 10.8 Å². The summed E-state index contributed by atoms with van der Waals surface area (Å²) in [5.41, 5.74) is 1.59. The molecule has 0 unspecified atom stereocenters. The molecular formula is C14H10Br2N2O3. The molecule has 0 aliphatic carbocycles. The van der Waals surface area contributed by atoms with Crippen LogP contribution in [0.15, 0.2) is 45.3 Å². The zero-order valence-corrected chi connectivity index (χ0v) is 14.1. The zero-order chi connectivity index (χ0) is 15.6. The first-order valence-electron chi connectivity index (χ1n) is 5.91. The monoisotopic (exact) mass is 412 g/mol. The number of anilines is 1. The lowest BCUT2D eigenvalue weighted by Gasteiger charge is -2.10. The van der Waals surface area contributed by atoms with Gasteiger partial charge in [0.15, 0.2) is 0 Å². The van der Waals surface area contributed by atoms with Gasteiger partial charge in [0.05, 0.1) is 10.5 Å². The summed E-state index contributed by atoms with van der Waals surface area (Å²) in [5.74, 6) is -0.410. The van der Waals surface area contributed by atoms with E-state index in [2.05, 4.69) is 37.2 Å². The number of nitro groups is 1. The van der Waals surface area contributed by atoms with E-state index in [1.54, 1.807) is 12.1 Å². The van der Waals surface area contributed by atoms with Crippen molar-refractivity contribution in [2.75, 3.05) is 5.32 Å². The van der Waals surface area contributed by atoms with Crippen LogP contribution in [0.1, 0.15) is 15.9 Å². The zero-order valence-electron chi connectivity index (χ0n) is 10.9. The number of carbonyl (C=O) groups is 1. The summed E-state index contributed by atoms with van der Waals surface area (Å²) < 4.78 is 1.04. The molecule has 1 amide bonds. The average molecular weight is 414 g/mol. The van der Waals surface area contributed by atoms with Gasteiger partial charge in [-0.3, -0.25) is 14.9 Å². The van der Waals surface area contributed by atoms with Crippen LogP contribution in [-0.2, 0) is 0 Å². The van der Waals surface area contributed by atoms with Crippen LogP contribution < -0.4 is 5.32 Å². The SMILES string of the molecule is Cc1c(Br)cccc1NC(=O)c1cccc([N+](=O)[O-])c1Br. The number of nitrogens with one attached hydrogen (secondary N) is 1. The number of carbonyl (C=O) groups excluding carboxylic acids is 1. The average Bonchev–Trinajstić information content (AvgIpc) is 2.43. The second kappa shape index (κ2) is 6.36. The van der Waals surface area contributed by atoms with Gasteiger partial charge in [0.1, 0.15) is 4.47 Å². The van der Waals surface area contributed by atoms with E-state index in [4.69, 9.17) is 0 Å². The van der Waals surface area contributed by atoms with Crippen molar-refractivity contribution in [1.29, 1.82) is 0 Å². The Balaban J connectivity index is 2.35. The van der Waals surface area contributed by atoms with Gasteiger partial charge in [0.25, 0.3) is 11.6 Å². The van der Waals surface area contributed by atoms with E-state index in [9.17, 15) is 14.9 Å². The van der Waals surface area contributed by atoms with Crippen molar-refractivity contribution in [1.82, 2.24) is 0 Å². The van der Waals surface area contributed by atoms with Crippen LogP contribution in [-0.4, -0.2) is 10.8 Å². The second-order valence-corrected chi connectivity index (χ2v) is 5.91. The maximum absolute atomic E-state index is 12.3. The van der Waals surface area contributed by atoms with Gasteiger partial charge in [-0.05, 0) is 46.6 Å². The minimum absolute atomic E-state index is 0.145. The molecule has 0 fully saturated rings. The molecule has 0 radical (unpaired) electrons. The molecule has 0 saturated carbocycles. The summed E-state index contributed by atoms with van der Waals surface area (Å²) in [5, 5.41) is 13.6. The molecule has 0 aliphatic heterocycles. The Kier molecular flexibility index (Phi) is 4.74. The summed E-state index contributed by atoms with van der Waals surface area (Å²) in [6.07, 6.45) is 0. The van der Waals surface area contributed by atoms with Crippen LogP contribution >= 0.6 is 31.9 Å². The molecule has 21 heavy (non-hydrogen) atoms. The maximum atomic E-state index is 12.3. The fraction of sp³-hybridized carbons (Fsp3) is 0.0714. The largest absolute Gasteiger partial charge is 0.322 e. The van der Waals surface area contributed by atoms with Crippen molar-refractivity contribution in [3.05, 3.63) is 66.6 Å². The Morgan fingerprint density at radius 3 is 2.52 bits per heavy atom. The van der Waals surface area contributed by atoms with E-state index >= 15 is 0 Å². The van der Waals surface area contributed by atoms with Crippen molar-refractivity contribution in [2.45, 2.75) is 6.92 Å². The summed E-state index contributed by atoms with van der Waals surface area (Å²) in [4.78, 5) is 22.6. The predicted molar refractivity (Wildman–Crippen MR) is 87.6 cm³/mol. The Morgan fingerprint density at radius 2 is 1.86 bits per heavy atom. The van der Waals surface area contributed by atoms with E-state index in [-0.39, 0.29) is 15.7 Å². The summed E-state index contributed by atoms with van der Waals surface area (Å²) in [6, 6.07) is 9.78. The minimum Gasteiger partial charge on any atom is -0.322 e. The molecule has 2 aromatic rings. The third-order valence-corrected chi connectivity index (χ3v) is 4.63. The highest BCUT2D eigenvalue weighted by Crippen LogP contribution is 2.30. The summed E-state index contributed by atoms with van der Waals surface area (Å²) >= 11 is 6.50. The van der Waals surface area contributed by atoms with Gasteiger partial charge >= 0.3 is 0 Å². The highest BCUT2D eigenvalue weighted by molar-refractivity contribution is 9.11. The number of halogens is 2. The Bertz CT molecular complexity index is 732. The Labute approximate surface area is 137 Å². The van der Waals surface area contributed by atoms with E-state index in [0.717, 1.165) is 10.0 Å². The Hall–Kier alpha value is -1.73. The molecular weight excluding hydrogens is 404 g/mol.